The number of aromatic nitrogens is 2. The molecule has 1 N–H and O–H groups in total. The van der Waals surface area contributed by atoms with Crippen LogP contribution in [0.15, 0.2) is 0 Å². The van der Waals surface area contributed by atoms with Crippen LogP contribution in [0, 0.1) is 6.92 Å². The summed E-state index contributed by atoms with van der Waals surface area (Å²) in [5.74, 6) is 0. The minimum Gasteiger partial charge on any atom is -0.310 e. The van der Waals surface area contributed by atoms with E-state index in [0.29, 0.717) is 6.04 Å². The number of hydrogen-bond donors (Lipinski definition) is 1. The van der Waals surface area contributed by atoms with Gasteiger partial charge in [-0.15, -0.1) is 0 Å². The Morgan fingerprint density at radius 3 is 2.83 bits per heavy atom. The van der Waals surface area contributed by atoms with Crippen LogP contribution in [0.3, 0.4) is 0 Å². The normalized spacial score (nSPS) is 28.6. The van der Waals surface area contributed by atoms with Crippen LogP contribution in [0.2, 0.25) is 5.15 Å². The molecule has 0 aromatic carbocycles. The molecule has 4 nitrogen and oxygen atoms in total. The van der Waals surface area contributed by atoms with E-state index in [9.17, 15) is 0 Å². The molecule has 2 bridgehead atoms. The molecule has 100 valence electrons. The molecule has 0 aliphatic carbocycles. The first-order valence-corrected chi connectivity index (χ1v) is 7.17. The third-order valence-electron chi connectivity index (χ3n) is 4.26. The van der Waals surface area contributed by atoms with Gasteiger partial charge in [0.25, 0.3) is 0 Å². The SMILES string of the molecule is Cc1nn(C)c(Cl)c1CN1CCC2CCC(C1)N2. The Morgan fingerprint density at radius 1 is 1.33 bits per heavy atom. The first-order valence-electron chi connectivity index (χ1n) is 6.80. The maximum Gasteiger partial charge on any atom is 0.131 e. The smallest absolute Gasteiger partial charge is 0.131 e. The van der Waals surface area contributed by atoms with Crippen molar-refractivity contribution in [2.24, 2.45) is 7.05 Å². The first kappa shape index (κ1) is 12.5. The lowest BCUT2D eigenvalue weighted by atomic mass is 10.1. The molecular formula is C13H21ClN4. The molecule has 2 saturated heterocycles. The van der Waals surface area contributed by atoms with Gasteiger partial charge in [0.05, 0.1) is 5.69 Å². The van der Waals surface area contributed by atoms with Gasteiger partial charge >= 0.3 is 0 Å². The molecule has 0 amide bonds. The first-order chi connectivity index (χ1) is 8.63. The molecule has 2 unspecified atom stereocenters. The maximum atomic E-state index is 6.31. The van der Waals surface area contributed by atoms with Crippen molar-refractivity contribution < 1.29 is 0 Å². The third kappa shape index (κ3) is 2.29. The lowest BCUT2D eigenvalue weighted by molar-refractivity contribution is 0.250. The summed E-state index contributed by atoms with van der Waals surface area (Å²) in [5.41, 5.74) is 2.25. The van der Waals surface area contributed by atoms with Crippen LogP contribution in [0.5, 0.6) is 0 Å². The highest BCUT2D eigenvalue weighted by Crippen LogP contribution is 2.24. The predicted octanol–water partition coefficient (Wildman–Crippen LogP) is 1.71. The average molecular weight is 269 g/mol. The van der Waals surface area contributed by atoms with E-state index in [-0.39, 0.29) is 0 Å². The Balaban J connectivity index is 1.72. The van der Waals surface area contributed by atoms with Gasteiger partial charge in [-0.1, -0.05) is 11.6 Å². The molecule has 3 heterocycles. The summed E-state index contributed by atoms with van der Waals surface area (Å²) in [4.78, 5) is 2.52. The summed E-state index contributed by atoms with van der Waals surface area (Å²) >= 11 is 6.31. The molecule has 2 aliphatic rings. The van der Waals surface area contributed by atoms with Crippen LogP contribution in [0.1, 0.15) is 30.5 Å². The van der Waals surface area contributed by atoms with E-state index in [4.69, 9.17) is 11.6 Å². The van der Waals surface area contributed by atoms with E-state index >= 15 is 0 Å². The van der Waals surface area contributed by atoms with Crippen LogP contribution >= 0.6 is 11.6 Å². The van der Waals surface area contributed by atoms with Gasteiger partial charge in [-0.05, 0) is 26.2 Å². The fourth-order valence-electron chi connectivity index (χ4n) is 3.24. The van der Waals surface area contributed by atoms with E-state index < -0.39 is 0 Å². The molecule has 1 aromatic rings. The maximum absolute atomic E-state index is 6.31. The number of halogens is 1. The van der Waals surface area contributed by atoms with Gasteiger partial charge in [0.2, 0.25) is 0 Å². The van der Waals surface area contributed by atoms with E-state index in [1.165, 1.54) is 31.4 Å². The summed E-state index contributed by atoms with van der Waals surface area (Å²) in [5, 5.41) is 8.88. The largest absolute Gasteiger partial charge is 0.310 e. The predicted molar refractivity (Wildman–Crippen MR) is 72.8 cm³/mol. The van der Waals surface area contributed by atoms with E-state index in [1.807, 2.05) is 14.0 Å². The summed E-state index contributed by atoms with van der Waals surface area (Å²) in [6.45, 7) is 5.28. The van der Waals surface area contributed by atoms with Gasteiger partial charge in [-0.25, -0.2) is 0 Å². The van der Waals surface area contributed by atoms with Crippen molar-refractivity contribution in [2.45, 2.75) is 44.8 Å². The molecule has 2 fully saturated rings. The molecule has 18 heavy (non-hydrogen) atoms. The monoisotopic (exact) mass is 268 g/mol. The van der Waals surface area contributed by atoms with Crippen molar-refractivity contribution in [3.05, 3.63) is 16.4 Å². The summed E-state index contributed by atoms with van der Waals surface area (Å²) < 4.78 is 1.77. The molecular weight excluding hydrogens is 248 g/mol. The quantitative estimate of drug-likeness (QED) is 0.887. The molecule has 0 radical (unpaired) electrons. The van der Waals surface area contributed by atoms with Crippen molar-refractivity contribution in [1.29, 1.82) is 0 Å². The zero-order chi connectivity index (χ0) is 12.7. The van der Waals surface area contributed by atoms with Crippen molar-refractivity contribution in [2.75, 3.05) is 13.1 Å². The van der Waals surface area contributed by atoms with Gasteiger partial charge in [0.1, 0.15) is 5.15 Å². The number of rotatable bonds is 2. The minimum absolute atomic E-state index is 0.674. The fraction of sp³-hybridized carbons (Fsp3) is 0.769. The van der Waals surface area contributed by atoms with E-state index in [1.54, 1.807) is 4.68 Å². The zero-order valence-corrected chi connectivity index (χ0v) is 11.9. The van der Waals surface area contributed by atoms with Crippen LogP contribution in [-0.2, 0) is 13.6 Å². The fourth-order valence-corrected chi connectivity index (χ4v) is 3.47. The third-order valence-corrected chi connectivity index (χ3v) is 4.73. The minimum atomic E-state index is 0.674. The van der Waals surface area contributed by atoms with E-state index in [0.717, 1.165) is 30.0 Å². The second-order valence-electron chi connectivity index (χ2n) is 5.64. The molecule has 5 heteroatoms. The second-order valence-corrected chi connectivity index (χ2v) is 6.00. The number of likely N-dealkylation sites (tertiary alicyclic amines) is 1. The molecule has 2 atom stereocenters. The molecule has 2 aliphatic heterocycles. The highest BCUT2D eigenvalue weighted by Gasteiger charge is 2.29. The van der Waals surface area contributed by atoms with Crippen molar-refractivity contribution in [1.82, 2.24) is 20.0 Å². The number of fused-ring (bicyclic) bond motifs is 2. The molecule has 3 rings (SSSR count). The topological polar surface area (TPSA) is 33.1 Å². The highest BCUT2D eigenvalue weighted by atomic mass is 35.5. The van der Waals surface area contributed by atoms with Gasteiger partial charge in [0.15, 0.2) is 0 Å². The molecule has 1 aromatic heterocycles. The summed E-state index contributed by atoms with van der Waals surface area (Å²) in [7, 11) is 1.91. The van der Waals surface area contributed by atoms with E-state index in [2.05, 4.69) is 15.3 Å². The van der Waals surface area contributed by atoms with Crippen LogP contribution in [-0.4, -0.2) is 39.9 Å². The van der Waals surface area contributed by atoms with Crippen LogP contribution < -0.4 is 5.32 Å². The number of aryl methyl sites for hydroxylation is 2. The van der Waals surface area contributed by atoms with Gasteiger partial charge in [0, 0.05) is 44.3 Å². The van der Waals surface area contributed by atoms with Crippen LogP contribution in [0.4, 0.5) is 0 Å². The standard InChI is InChI=1S/C13H21ClN4/c1-9-12(13(14)17(2)16-9)8-18-6-5-10-3-4-11(7-18)15-10/h10-11,15H,3-8H2,1-2H3. The molecule has 0 spiro atoms. The summed E-state index contributed by atoms with van der Waals surface area (Å²) in [6.07, 6.45) is 3.93. The Labute approximate surface area is 113 Å². The lowest BCUT2D eigenvalue weighted by Gasteiger charge is -2.23. The number of nitrogens with one attached hydrogen (secondary N) is 1. The van der Waals surface area contributed by atoms with Crippen molar-refractivity contribution in [3.63, 3.8) is 0 Å². The Bertz CT molecular complexity index is 442. The highest BCUT2D eigenvalue weighted by molar-refractivity contribution is 6.30. The Kier molecular flexibility index (Phi) is 3.34. The second kappa shape index (κ2) is 4.83. The van der Waals surface area contributed by atoms with Crippen LogP contribution in [0.25, 0.3) is 0 Å². The Morgan fingerprint density at radius 2 is 2.11 bits per heavy atom. The van der Waals surface area contributed by atoms with Gasteiger partial charge in [-0.2, -0.15) is 5.10 Å². The molecule has 0 saturated carbocycles. The Hall–Kier alpha value is -0.580. The lowest BCUT2D eigenvalue weighted by Crippen LogP contribution is -2.35. The zero-order valence-electron chi connectivity index (χ0n) is 11.1. The number of hydrogen-bond acceptors (Lipinski definition) is 3. The van der Waals surface area contributed by atoms with Gasteiger partial charge in [-0.3, -0.25) is 9.58 Å². The number of nitrogens with zero attached hydrogens (tertiary/aromatic N) is 3. The van der Waals surface area contributed by atoms with Crippen molar-refractivity contribution in [3.8, 4) is 0 Å². The summed E-state index contributed by atoms with van der Waals surface area (Å²) in [6, 6.07) is 1.42. The van der Waals surface area contributed by atoms with Gasteiger partial charge < -0.3 is 5.32 Å². The van der Waals surface area contributed by atoms with Crippen molar-refractivity contribution >= 4 is 11.6 Å². The average Bonchev–Trinajstić information content (AvgIpc) is 2.77.